The van der Waals surface area contributed by atoms with Gasteiger partial charge in [0, 0.05) is 16.5 Å². The van der Waals surface area contributed by atoms with Crippen molar-refractivity contribution in [3.8, 4) is 5.75 Å². The summed E-state index contributed by atoms with van der Waals surface area (Å²) in [5.74, 6) is -0.146. The Bertz CT molecular complexity index is 921. The van der Waals surface area contributed by atoms with E-state index in [4.69, 9.17) is 11.6 Å². The highest BCUT2D eigenvalue weighted by atomic mass is 35.5. The van der Waals surface area contributed by atoms with E-state index in [2.05, 4.69) is 5.32 Å². The Morgan fingerprint density at radius 1 is 1.00 bits per heavy atom. The molecule has 4 heteroatoms. The van der Waals surface area contributed by atoms with Crippen molar-refractivity contribution < 1.29 is 9.90 Å². The lowest BCUT2D eigenvalue weighted by Gasteiger charge is -2.24. The second-order valence-corrected chi connectivity index (χ2v) is 6.74. The molecule has 0 aliphatic carbocycles. The first-order chi connectivity index (χ1) is 12.0. The SMILES string of the molecule is CC(C)C(=O)N[C@H](c1ccccc1Cl)c1c(O)ccc2ccccc12. The number of phenolic OH excluding ortho intramolecular Hbond substituents is 1. The molecule has 1 atom stereocenters. The van der Waals surface area contributed by atoms with Gasteiger partial charge in [-0.1, -0.05) is 74.0 Å². The second kappa shape index (κ2) is 7.16. The van der Waals surface area contributed by atoms with Crippen LogP contribution in [-0.2, 0) is 4.79 Å². The van der Waals surface area contributed by atoms with Crippen LogP contribution in [0.3, 0.4) is 0 Å². The number of hydrogen-bond donors (Lipinski definition) is 2. The van der Waals surface area contributed by atoms with Crippen molar-refractivity contribution >= 4 is 28.3 Å². The lowest BCUT2D eigenvalue weighted by molar-refractivity contribution is -0.124. The summed E-state index contributed by atoms with van der Waals surface area (Å²) in [6.45, 7) is 3.67. The predicted octanol–water partition coefficient (Wildman–Crippen LogP) is 5.06. The molecule has 1 amide bonds. The molecule has 0 unspecified atom stereocenters. The van der Waals surface area contributed by atoms with Gasteiger partial charge in [0.1, 0.15) is 5.75 Å². The number of halogens is 1. The monoisotopic (exact) mass is 353 g/mol. The van der Waals surface area contributed by atoms with Gasteiger partial charge >= 0.3 is 0 Å². The molecular weight excluding hydrogens is 334 g/mol. The molecule has 3 rings (SSSR count). The molecule has 3 aromatic carbocycles. The third-order valence-corrected chi connectivity index (χ3v) is 4.61. The molecule has 3 nitrogen and oxygen atoms in total. The maximum absolute atomic E-state index is 12.4. The highest BCUT2D eigenvalue weighted by Crippen LogP contribution is 2.38. The molecular formula is C21H20ClNO2. The number of hydrogen-bond acceptors (Lipinski definition) is 2. The summed E-state index contributed by atoms with van der Waals surface area (Å²) < 4.78 is 0. The molecule has 3 aromatic rings. The largest absolute Gasteiger partial charge is 0.508 e. The molecule has 0 saturated heterocycles. The summed E-state index contributed by atoms with van der Waals surface area (Å²) in [6, 6.07) is 18.1. The van der Waals surface area contributed by atoms with Crippen molar-refractivity contribution in [2.24, 2.45) is 5.92 Å². The zero-order valence-electron chi connectivity index (χ0n) is 14.2. The first kappa shape index (κ1) is 17.3. The van der Waals surface area contributed by atoms with E-state index >= 15 is 0 Å². The van der Waals surface area contributed by atoms with Gasteiger partial charge in [0.15, 0.2) is 0 Å². The molecule has 0 heterocycles. The summed E-state index contributed by atoms with van der Waals surface area (Å²) in [5.41, 5.74) is 1.41. The Labute approximate surface area is 152 Å². The van der Waals surface area contributed by atoms with Crippen molar-refractivity contribution in [1.29, 1.82) is 0 Å². The van der Waals surface area contributed by atoms with Crippen LogP contribution in [0.1, 0.15) is 31.0 Å². The fourth-order valence-electron chi connectivity index (χ4n) is 2.91. The van der Waals surface area contributed by atoms with E-state index in [0.717, 1.165) is 16.3 Å². The number of aromatic hydroxyl groups is 1. The smallest absolute Gasteiger partial charge is 0.223 e. The quantitative estimate of drug-likeness (QED) is 0.688. The van der Waals surface area contributed by atoms with E-state index in [1.165, 1.54) is 0 Å². The zero-order chi connectivity index (χ0) is 18.0. The predicted molar refractivity (Wildman–Crippen MR) is 102 cm³/mol. The zero-order valence-corrected chi connectivity index (χ0v) is 14.9. The third kappa shape index (κ3) is 3.47. The van der Waals surface area contributed by atoms with Gasteiger partial charge in [-0.25, -0.2) is 0 Å². The first-order valence-corrected chi connectivity index (χ1v) is 8.62. The molecule has 0 aromatic heterocycles. The Morgan fingerprint density at radius 3 is 2.40 bits per heavy atom. The first-order valence-electron chi connectivity index (χ1n) is 8.24. The van der Waals surface area contributed by atoms with E-state index in [1.54, 1.807) is 12.1 Å². The number of phenols is 1. The van der Waals surface area contributed by atoms with E-state index in [0.29, 0.717) is 10.6 Å². The Hall–Kier alpha value is -2.52. The van der Waals surface area contributed by atoms with E-state index in [1.807, 2.05) is 62.4 Å². The van der Waals surface area contributed by atoms with E-state index in [9.17, 15) is 9.90 Å². The number of carbonyl (C=O) groups excluding carboxylic acids is 1. The molecule has 0 fully saturated rings. The number of nitrogens with one attached hydrogen (secondary N) is 1. The van der Waals surface area contributed by atoms with Gasteiger partial charge in [-0.05, 0) is 28.5 Å². The van der Waals surface area contributed by atoms with Gasteiger partial charge < -0.3 is 10.4 Å². The molecule has 0 bridgehead atoms. The maximum atomic E-state index is 12.4. The highest BCUT2D eigenvalue weighted by molar-refractivity contribution is 6.31. The average Bonchev–Trinajstić information content (AvgIpc) is 2.60. The highest BCUT2D eigenvalue weighted by Gasteiger charge is 2.25. The van der Waals surface area contributed by atoms with Crippen LogP contribution in [0.25, 0.3) is 10.8 Å². The normalized spacial score (nSPS) is 12.3. The Balaban J connectivity index is 2.24. The molecule has 0 aliphatic rings. The summed E-state index contributed by atoms with van der Waals surface area (Å²) in [4.78, 5) is 12.4. The minimum Gasteiger partial charge on any atom is -0.508 e. The Morgan fingerprint density at radius 2 is 1.68 bits per heavy atom. The van der Waals surface area contributed by atoms with Crippen LogP contribution >= 0.6 is 11.6 Å². The van der Waals surface area contributed by atoms with E-state index in [-0.39, 0.29) is 17.6 Å². The molecule has 2 N–H and O–H groups in total. The topological polar surface area (TPSA) is 49.3 Å². The molecule has 128 valence electrons. The Kier molecular flexibility index (Phi) is 4.95. The summed E-state index contributed by atoms with van der Waals surface area (Å²) >= 11 is 6.40. The fourth-order valence-corrected chi connectivity index (χ4v) is 3.16. The fraction of sp³-hybridized carbons (Fsp3) is 0.190. The molecule has 0 aliphatic heterocycles. The number of fused-ring (bicyclic) bond motifs is 1. The van der Waals surface area contributed by atoms with Crippen LogP contribution in [0.15, 0.2) is 60.7 Å². The lowest BCUT2D eigenvalue weighted by atomic mass is 9.92. The van der Waals surface area contributed by atoms with Gasteiger partial charge in [0.25, 0.3) is 0 Å². The van der Waals surface area contributed by atoms with Gasteiger partial charge in [-0.15, -0.1) is 0 Å². The second-order valence-electron chi connectivity index (χ2n) is 6.34. The van der Waals surface area contributed by atoms with Crippen molar-refractivity contribution in [2.75, 3.05) is 0 Å². The molecule has 0 spiro atoms. The van der Waals surface area contributed by atoms with Crippen LogP contribution in [0.5, 0.6) is 5.75 Å². The third-order valence-electron chi connectivity index (χ3n) is 4.26. The molecule has 25 heavy (non-hydrogen) atoms. The average molecular weight is 354 g/mol. The molecule has 0 radical (unpaired) electrons. The van der Waals surface area contributed by atoms with Crippen molar-refractivity contribution in [3.05, 3.63) is 76.8 Å². The van der Waals surface area contributed by atoms with Gasteiger partial charge in [-0.3, -0.25) is 4.79 Å². The summed E-state index contributed by atoms with van der Waals surface area (Å²) in [5, 5.41) is 16.1. The lowest BCUT2D eigenvalue weighted by Crippen LogP contribution is -2.32. The van der Waals surface area contributed by atoms with Gasteiger partial charge in [0.05, 0.1) is 6.04 Å². The van der Waals surface area contributed by atoms with Gasteiger partial charge in [0.2, 0.25) is 5.91 Å². The minimum absolute atomic E-state index is 0.0998. The van der Waals surface area contributed by atoms with Crippen LogP contribution < -0.4 is 5.32 Å². The minimum atomic E-state index is -0.533. The van der Waals surface area contributed by atoms with Gasteiger partial charge in [-0.2, -0.15) is 0 Å². The van der Waals surface area contributed by atoms with Crippen LogP contribution in [-0.4, -0.2) is 11.0 Å². The summed E-state index contributed by atoms with van der Waals surface area (Å²) in [7, 11) is 0. The standard InChI is InChI=1S/C21H20ClNO2/c1-13(2)21(25)23-20(16-9-5-6-10-17(16)22)19-15-8-4-3-7-14(15)11-12-18(19)24/h3-13,20,24H,1-2H3,(H,23,25)/t20-/m1/s1. The number of benzene rings is 3. The van der Waals surface area contributed by atoms with E-state index < -0.39 is 6.04 Å². The summed E-state index contributed by atoms with van der Waals surface area (Å²) in [6.07, 6.45) is 0. The van der Waals surface area contributed by atoms with Crippen LogP contribution in [0.4, 0.5) is 0 Å². The number of amides is 1. The van der Waals surface area contributed by atoms with Crippen LogP contribution in [0.2, 0.25) is 5.02 Å². The van der Waals surface area contributed by atoms with Crippen molar-refractivity contribution in [3.63, 3.8) is 0 Å². The number of rotatable bonds is 4. The van der Waals surface area contributed by atoms with Crippen LogP contribution in [0, 0.1) is 5.92 Å². The molecule has 0 saturated carbocycles. The number of carbonyl (C=O) groups is 1. The van der Waals surface area contributed by atoms with Crippen molar-refractivity contribution in [1.82, 2.24) is 5.32 Å². The maximum Gasteiger partial charge on any atom is 0.223 e. The van der Waals surface area contributed by atoms with Crippen molar-refractivity contribution in [2.45, 2.75) is 19.9 Å².